The molecule has 3 aromatic heterocycles. The zero-order valence-electron chi connectivity index (χ0n) is 15.0. The molecule has 0 aromatic carbocycles. The fourth-order valence-electron chi connectivity index (χ4n) is 3.13. The van der Waals surface area contributed by atoms with E-state index in [4.69, 9.17) is 9.15 Å². The zero-order chi connectivity index (χ0) is 18.8. The number of furan rings is 1. The lowest BCUT2D eigenvalue weighted by molar-refractivity contribution is -0.0707. The van der Waals surface area contributed by atoms with E-state index in [1.807, 2.05) is 11.4 Å². The molecule has 1 aliphatic heterocycles. The fraction of sp³-hybridized carbons (Fsp3) is 0.389. The number of rotatable bonds is 5. The average Bonchev–Trinajstić information content (AvgIpc) is 3.35. The number of anilines is 1. The van der Waals surface area contributed by atoms with Gasteiger partial charge in [-0.3, -0.25) is 15.0 Å². The lowest BCUT2D eigenvalue weighted by Crippen LogP contribution is -2.44. The first-order valence-electron chi connectivity index (χ1n) is 8.70. The first kappa shape index (κ1) is 18.3. The van der Waals surface area contributed by atoms with Gasteiger partial charge >= 0.3 is 0 Å². The van der Waals surface area contributed by atoms with E-state index < -0.39 is 0 Å². The van der Waals surface area contributed by atoms with Gasteiger partial charge in [-0.05, 0) is 26.0 Å². The number of hydrogen-bond acceptors (Lipinski definition) is 8. The van der Waals surface area contributed by atoms with E-state index in [1.165, 1.54) is 22.7 Å². The molecule has 142 valence electrons. The van der Waals surface area contributed by atoms with Crippen LogP contribution in [0.3, 0.4) is 0 Å². The lowest BCUT2D eigenvalue weighted by atomic mass is 10.2. The summed E-state index contributed by atoms with van der Waals surface area (Å²) < 4.78 is 11.1. The highest BCUT2D eigenvalue weighted by Crippen LogP contribution is 2.25. The van der Waals surface area contributed by atoms with Crippen LogP contribution in [0.25, 0.3) is 10.8 Å². The van der Waals surface area contributed by atoms with Crippen LogP contribution < -0.4 is 5.32 Å². The zero-order valence-corrected chi connectivity index (χ0v) is 16.7. The number of carbonyl (C=O) groups excluding carboxylic acids is 1. The summed E-state index contributed by atoms with van der Waals surface area (Å²) in [5.41, 5.74) is 1.31. The molecule has 1 fully saturated rings. The summed E-state index contributed by atoms with van der Waals surface area (Å²) in [5, 5.41) is 7.79. The maximum absolute atomic E-state index is 12.4. The second-order valence-corrected chi connectivity index (χ2v) is 8.28. The summed E-state index contributed by atoms with van der Waals surface area (Å²) in [6.07, 6.45) is 2.03. The largest absolute Gasteiger partial charge is 0.462 e. The van der Waals surface area contributed by atoms with Gasteiger partial charge in [0.2, 0.25) is 0 Å². The highest BCUT2D eigenvalue weighted by molar-refractivity contribution is 7.14. The Hall–Kier alpha value is -2.07. The van der Waals surface area contributed by atoms with Gasteiger partial charge in [0.1, 0.15) is 5.69 Å². The summed E-state index contributed by atoms with van der Waals surface area (Å²) >= 11 is 2.80. The van der Waals surface area contributed by atoms with Crippen LogP contribution in [0.2, 0.25) is 0 Å². The Labute approximate surface area is 165 Å². The van der Waals surface area contributed by atoms with Crippen LogP contribution in [0.5, 0.6) is 0 Å². The topological polar surface area (TPSA) is 80.5 Å². The molecule has 1 amide bonds. The summed E-state index contributed by atoms with van der Waals surface area (Å²) in [6, 6.07) is 3.62. The van der Waals surface area contributed by atoms with Crippen molar-refractivity contribution in [1.82, 2.24) is 14.9 Å². The monoisotopic (exact) mass is 404 g/mol. The van der Waals surface area contributed by atoms with Gasteiger partial charge in [-0.15, -0.1) is 22.7 Å². The summed E-state index contributed by atoms with van der Waals surface area (Å²) in [4.78, 5) is 23.6. The van der Waals surface area contributed by atoms with Crippen LogP contribution in [-0.4, -0.2) is 46.1 Å². The Balaban J connectivity index is 1.37. The first-order valence-corrected chi connectivity index (χ1v) is 10.5. The Kier molecular flexibility index (Phi) is 5.35. The minimum atomic E-state index is -0.265. The van der Waals surface area contributed by atoms with E-state index in [2.05, 4.69) is 34.0 Å². The Bertz CT molecular complexity index is 896. The molecule has 0 radical (unpaired) electrons. The van der Waals surface area contributed by atoms with Crippen molar-refractivity contribution < 1.29 is 13.9 Å². The van der Waals surface area contributed by atoms with E-state index in [1.54, 1.807) is 17.7 Å². The van der Waals surface area contributed by atoms with Crippen LogP contribution in [0, 0.1) is 0 Å². The van der Waals surface area contributed by atoms with Crippen molar-refractivity contribution >= 4 is 33.7 Å². The SMILES string of the molecule is C[C@@H]1CN(Cc2csc(NC(=O)c3csc(-c4ccco4)n3)n2)C[C@H](C)O1. The quantitative estimate of drug-likeness (QED) is 0.698. The number of morpholine rings is 1. The third-order valence-corrected chi connectivity index (χ3v) is 5.79. The van der Waals surface area contributed by atoms with Gasteiger partial charge in [-0.25, -0.2) is 9.97 Å². The number of carbonyl (C=O) groups is 1. The molecule has 0 bridgehead atoms. The molecule has 2 atom stereocenters. The Morgan fingerprint density at radius 3 is 2.81 bits per heavy atom. The normalized spacial score (nSPS) is 20.7. The van der Waals surface area contributed by atoms with Crippen LogP contribution in [0.4, 0.5) is 5.13 Å². The van der Waals surface area contributed by atoms with Crippen molar-refractivity contribution in [3.63, 3.8) is 0 Å². The lowest BCUT2D eigenvalue weighted by Gasteiger charge is -2.34. The smallest absolute Gasteiger partial charge is 0.276 e. The average molecular weight is 405 g/mol. The Morgan fingerprint density at radius 1 is 1.26 bits per heavy atom. The molecule has 4 rings (SSSR count). The molecule has 0 saturated carbocycles. The number of amides is 1. The molecule has 1 saturated heterocycles. The third-order valence-electron chi connectivity index (χ3n) is 4.12. The number of nitrogens with zero attached hydrogens (tertiary/aromatic N) is 3. The molecule has 1 N–H and O–H groups in total. The number of thiazole rings is 2. The highest BCUT2D eigenvalue weighted by atomic mass is 32.1. The molecule has 1 aliphatic rings. The van der Waals surface area contributed by atoms with Gasteiger partial charge in [-0.1, -0.05) is 0 Å². The Morgan fingerprint density at radius 2 is 2.07 bits per heavy atom. The van der Waals surface area contributed by atoms with Crippen molar-refractivity contribution in [2.24, 2.45) is 0 Å². The maximum Gasteiger partial charge on any atom is 0.276 e. The van der Waals surface area contributed by atoms with E-state index in [-0.39, 0.29) is 18.1 Å². The van der Waals surface area contributed by atoms with Crippen molar-refractivity contribution in [2.75, 3.05) is 18.4 Å². The standard InChI is InChI=1S/C18H20N4O3S2/c1-11-6-22(7-12(2)25-11)8-13-9-27-18(19-13)21-16(23)14-10-26-17(20-14)15-4-3-5-24-15/h3-5,9-12H,6-8H2,1-2H3,(H,19,21,23)/t11-,12+. The van der Waals surface area contributed by atoms with Crippen LogP contribution in [0.15, 0.2) is 33.6 Å². The van der Waals surface area contributed by atoms with E-state index in [0.717, 1.165) is 25.3 Å². The molecule has 0 aliphatic carbocycles. The number of ether oxygens (including phenoxy) is 1. The summed E-state index contributed by atoms with van der Waals surface area (Å²) in [5.74, 6) is 0.392. The van der Waals surface area contributed by atoms with Crippen LogP contribution in [-0.2, 0) is 11.3 Å². The van der Waals surface area contributed by atoms with Gasteiger partial charge in [0.05, 0.1) is 24.2 Å². The molecule has 9 heteroatoms. The summed E-state index contributed by atoms with van der Waals surface area (Å²) in [7, 11) is 0. The van der Waals surface area contributed by atoms with Gasteiger partial charge < -0.3 is 9.15 Å². The molecular formula is C18H20N4O3S2. The highest BCUT2D eigenvalue weighted by Gasteiger charge is 2.23. The van der Waals surface area contributed by atoms with Crippen molar-refractivity contribution in [3.05, 3.63) is 40.5 Å². The summed E-state index contributed by atoms with van der Waals surface area (Å²) in [6.45, 7) is 6.69. The first-order chi connectivity index (χ1) is 13.1. The molecular weight excluding hydrogens is 384 g/mol. The second kappa shape index (κ2) is 7.89. The minimum Gasteiger partial charge on any atom is -0.462 e. The molecule has 4 heterocycles. The van der Waals surface area contributed by atoms with Gasteiger partial charge in [-0.2, -0.15) is 0 Å². The van der Waals surface area contributed by atoms with Crippen molar-refractivity contribution in [2.45, 2.75) is 32.6 Å². The van der Waals surface area contributed by atoms with Crippen molar-refractivity contribution in [3.8, 4) is 10.8 Å². The number of aromatic nitrogens is 2. The molecule has 0 spiro atoms. The van der Waals surface area contributed by atoms with E-state index >= 15 is 0 Å². The molecule has 0 unspecified atom stereocenters. The van der Waals surface area contributed by atoms with Gasteiger partial charge in [0.25, 0.3) is 5.91 Å². The maximum atomic E-state index is 12.4. The fourth-order valence-corrected chi connectivity index (χ4v) is 4.60. The van der Waals surface area contributed by atoms with Gasteiger partial charge in [0.15, 0.2) is 15.9 Å². The number of hydrogen-bond donors (Lipinski definition) is 1. The minimum absolute atomic E-state index is 0.222. The third kappa shape index (κ3) is 4.44. The van der Waals surface area contributed by atoms with E-state index in [9.17, 15) is 4.79 Å². The predicted molar refractivity (Wildman–Crippen MR) is 105 cm³/mol. The van der Waals surface area contributed by atoms with Gasteiger partial charge in [0, 0.05) is 30.4 Å². The number of nitrogens with one attached hydrogen (secondary N) is 1. The van der Waals surface area contributed by atoms with Crippen LogP contribution >= 0.6 is 22.7 Å². The van der Waals surface area contributed by atoms with E-state index in [0.29, 0.717) is 21.6 Å². The molecule has 3 aromatic rings. The second-order valence-electron chi connectivity index (χ2n) is 6.56. The molecule has 7 nitrogen and oxygen atoms in total. The van der Waals surface area contributed by atoms with Crippen molar-refractivity contribution in [1.29, 1.82) is 0 Å². The van der Waals surface area contributed by atoms with Crippen LogP contribution in [0.1, 0.15) is 30.0 Å². The predicted octanol–water partition coefficient (Wildman–Crippen LogP) is 3.72. The molecule has 27 heavy (non-hydrogen) atoms.